The molecule has 1 aromatic heterocycles. The molecule has 0 spiro atoms. The first-order valence-corrected chi connectivity index (χ1v) is 9.18. The molecular weight excluding hydrogens is 364 g/mol. The van der Waals surface area contributed by atoms with Crippen molar-refractivity contribution in [1.29, 1.82) is 0 Å². The van der Waals surface area contributed by atoms with Gasteiger partial charge in [-0.3, -0.25) is 19.6 Å². The van der Waals surface area contributed by atoms with E-state index in [0.717, 1.165) is 25.0 Å². The number of nitrogens with zero attached hydrogens (tertiary/aromatic N) is 3. The lowest BCUT2D eigenvalue weighted by Gasteiger charge is -2.16. The summed E-state index contributed by atoms with van der Waals surface area (Å²) >= 11 is 0. The second-order valence-corrected chi connectivity index (χ2v) is 6.93. The van der Waals surface area contributed by atoms with Crippen LogP contribution in [0.3, 0.4) is 0 Å². The second-order valence-electron chi connectivity index (χ2n) is 6.93. The Morgan fingerprint density at radius 1 is 1.43 bits per heavy atom. The number of amides is 1. The second kappa shape index (κ2) is 8.39. The summed E-state index contributed by atoms with van der Waals surface area (Å²) in [5.74, 6) is 0.231. The van der Waals surface area contributed by atoms with Crippen LogP contribution in [0, 0.1) is 30.9 Å². The Labute approximate surface area is 162 Å². The zero-order chi connectivity index (χ0) is 20.3. The summed E-state index contributed by atoms with van der Waals surface area (Å²) < 4.78 is 12.8. The maximum Gasteiger partial charge on any atom is 0.312 e. The highest BCUT2D eigenvalue weighted by atomic mass is 16.6. The van der Waals surface area contributed by atoms with Gasteiger partial charge in [0.15, 0.2) is 0 Å². The topological polar surface area (TPSA) is 109 Å². The number of hydrogen-bond acceptors (Lipinski definition) is 6. The minimum Gasteiger partial charge on any atom is -0.489 e. The molecule has 150 valence electrons. The maximum absolute atomic E-state index is 12.5. The van der Waals surface area contributed by atoms with Gasteiger partial charge in [-0.15, -0.1) is 0 Å². The molecular formula is C19H24N4O5. The molecule has 1 aliphatic rings. The van der Waals surface area contributed by atoms with E-state index < -0.39 is 4.92 Å². The third-order valence-electron chi connectivity index (χ3n) is 4.68. The Morgan fingerprint density at radius 2 is 2.21 bits per heavy atom. The van der Waals surface area contributed by atoms with E-state index in [9.17, 15) is 14.9 Å². The fourth-order valence-corrected chi connectivity index (χ4v) is 3.24. The van der Waals surface area contributed by atoms with E-state index in [0.29, 0.717) is 23.7 Å². The van der Waals surface area contributed by atoms with E-state index in [2.05, 4.69) is 10.4 Å². The molecule has 2 heterocycles. The van der Waals surface area contributed by atoms with Crippen molar-refractivity contribution in [3.05, 3.63) is 45.3 Å². The monoisotopic (exact) mass is 388 g/mol. The van der Waals surface area contributed by atoms with Crippen molar-refractivity contribution in [3.8, 4) is 5.75 Å². The molecule has 1 N–H and O–H groups in total. The number of anilines is 1. The first-order chi connectivity index (χ1) is 13.3. The largest absolute Gasteiger partial charge is 0.489 e. The predicted molar refractivity (Wildman–Crippen MR) is 103 cm³/mol. The summed E-state index contributed by atoms with van der Waals surface area (Å²) in [7, 11) is 0. The fourth-order valence-electron chi connectivity index (χ4n) is 3.24. The van der Waals surface area contributed by atoms with Crippen molar-refractivity contribution in [2.45, 2.75) is 46.3 Å². The molecule has 0 saturated carbocycles. The quantitative estimate of drug-likeness (QED) is 0.577. The zero-order valence-electron chi connectivity index (χ0n) is 16.2. The fraction of sp³-hybridized carbons (Fsp3) is 0.474. The molecule has 1 atom stereocenters. The summed E-state index contributed by atoms with van der Waals surface area (Å²) in [6.07, 6.45) is 2.06. The van der Waals surface area contributed by atoms with Gasteiger partial charge < -0.3 is 14.8 Å². The maximum atomic E-state index is 12.5. The number of nitrogens with one attached hydrogen (secondary N) is 1. The van der Waals surface area contributed by atoms with Crippen LogP contribution in [0.15, 0.2) is 18.2 Å². The number of carbonyl (C=O) groups excluding carboxylic acids is 1. The molecule has 1 saturated heterocycles. The molecule has 9 heteroatoms. The summed E-state index contributed by atoms with van der Waals surface area (Å²) in [5, 5.41) is 18.0. The van der Waals surface area contributed by atoms with Crippen LogP contribution in [0.1, 0.15) is 29.8 Å². The summed E-state index contributed by atoms with van der Waals surface area (Å²) in [4.78, 5) is 23.1. The first kappa shape index (κ1) is 19.8. The third kappa shape index (κ3) is 4.48. The average molecular weight is 388 g/mol. The Hall–Kier alpha value is -2.94. The summed E-state index contributed by atoms with van der Waals surface area (Å²) in [6.45, 7) is 6.12. The van der Waals surface area contributed by atoms with Gasteiger partial charge in [0.2, 0.25) is 5.91 Å². The number of ether oxygens (including phenoxy) is 2. The van der Waals surface area contributed by atoms with Gasteiger partial charge in [0.05, 0.1) is 16.7 Å². The Bertz CT molecular complexity index is 887. The minimum atomic E-state index is -0.483. The highest BCUT2D eigenvalue weighted by Gasteiger charge is 2.23. The van der Waals surface area contributed by atoms with Crippen molar-refractivity contribution in [1.82, 2.24) is 9.78 Å². The van der Waals surface area contributed by atoms with Crippen LogP contribution in [0.4, 0.5) is 11.4 Å². The lowest BCUT2D eigenvalue weighted by Crippen LogP contribution is -2.22. The number of nitro groups is 1. The van der Waals surface area contributed by atoms with Gasteiger partial charge in [-0.2, -0.15) is 5.10 Å². The van der Waals surface area contributed by atoms with Crippen LogP contribution in [0.25, 0.3) is 0 Å². The highest BCUT2D eigenvalue weighted by Crippen LogP contribution is 2.27. The van der Waals surface area contributed by atoms with Gasteiger partial charge in [-0.1, -0.05) is 6.07 Å². The van der Waals surface area contributed by atoms with Crippen molar-refractivity contribution >= 4 is 17.3 Å². The average Bonchev–Trinajstić information content (AvgIpc) is 3.23. The van der Waals surface area contributed by atoms with Crippen molar-refractivity contribution in [3.63, 3.8) is 0 Å². The van der Waals surface area contributed by atoms with Crippen LogP contribution in [-0.2, 0) is 16.1 Å². The molecule has 9 nitrogen and oxygen atoms in total. The van der Waals surface area contributed by atoms with Crippen molar-refractivity contribution in [2.75, 3.05) is 18.5 Å². The van der Waals surface area contributed by atoms with E-state index in [4.69, 9.17) is 9.47 Å². The van der Waals surface area contributed by atoms with E-state index in [1.165, 1.54) is 4.68 Å². The first-order valence-electron chi connectivity index (χ1n) is 9.18. The minimum absolute atomic E-state index is 0.0660. The number of hydrogen-bond donors (Lipinski definition) is 1. The number of aryl methyl sites for hydroxylation is 2. The van der Waals surface area contributed by atoms with Crippen molar-refractivity contribution < 1.29 is 19.2 Å². The van der Waals surface area contributed by atoms with Gasteiger partial charge in [-0.05, 0) is 51.3 Å². The third-order valence-corrected chi connectivity index (χ3v) is 4.68. The highest BCUT2D eigenvalue weighted by molar-refractivity contribution is 5.92. The number of benzene rings is 1. The van der Waals surface area contributed by atoms with E-state index in [-0.39, 0.29) is 29.9 Å². The number of carbonyl (C=O) groups is 1. The summed E-state index contributed by atoms with van der Waals surface area (Å²) in [5.41, 5.74) is 2.12. The van der Waals surface area contributed by atoms with Crippen LogP contribution in [0.2, 0.25) is 0 Å². The standard InChI is InChI=1S/C19H24N4O5/c1-12-6-7-16(17(9-12)28-11-15-5-4-8-27-15)20-18(24)10-22-14(3)19(23(25)26)13(2)21-22/h6-7,9,15H,4-5,8,10-11H2,1-3H3,(H,20,24). The zero-order valence-corrected chi connectivity index (χ0v) is 16.2. The molecule has 1 aromatic carbocycles. The van der Waals surface area contributed by atoms with Gasteiger partial charge in [0.1, 0.15) is 30.3 Å². The number of rotatable bonds is 7. The van der Waals surface area contributed by atoms with Crippen LogP contribution in [0.5, 0.6) is 5.75 Å². The Kier molecular flexibility index (Phi) is 5.93. The normalized spacial score (nSPS) is 16.2. The van der Waals surface area contributed by atoms with Gasteiger partial charge in [0, 0.05) is 6.61 Å². The van der Waals surface area contributed by atoms with E-state index >= 15 is 0 Å². The summed E-state index contributed by atoms with van der Waals surface area (Å²) in [6, 6.07) is 5.52. The van der Waals surface area contributed by atoms with E-state index in [1.807, 2.05) is 19.1 Å². The lowest BCUT2D eigenvalue weighted by atomic mass is 10.2. The Morgan fingerprint density at radius 3 is 2.86 bits per heavy atom. The molecule has 0 radical (unpaired) electrons. The molecule has 28 heavy (non-hydrogen) atoms. The van der Waals surface area contributed by atoms with Gasteiger partial charge in [0.25, 0.3) is 0 Å². The molecule has 1 aliphatic heterocycles. The molecule has 2 aromatic rings. The van der Waals surface area contributed by atoms with Crippen LogP contribution < -0.4 is 10.1 Å². The van der Waals surface area contributed by atoms with Crippen LogP contribution in [-0.4, -0.2) is 39.9 Å². The van der Waals surface area contributed by atoms with Gasteiger partial charge >= 0.3 is 5.69 Å². The van der Waals surface area contributed by atoms with Gasteiger partial charge in [-0.25, -0.2) is 0 Å². The van der Waals surface area contributed by atoms with Crippen molar-refractivity contribution in [2.24, 2.45) is 0 Å². The molecule has 0 bridgehead atoms. The van der Waals surface area contributed by atoms with E-state index in [1.54, 1.807) is 19.9 Å². The molecule has 1 unspecified atom stereocenters. The Balaban J connectivity index is 1.70. The molecule has 0 aliphatic carbocycles. The number of aromatic nitrogens is 2. The molecule has 1 amide bonds. The molecule has 3 rings (SSSR count). The smallest absolute Gasteiger partial charge is 0.312 e. The predicted octanol–water partition coefficient (Wildman–Crippen LogP) is 2.91. The molecule has 1 fully saturated rings. The van der Waals surface area contributed by atoms with Crippen LogP contribution >= 0.6 is 0 Å². The lowest BCUT2D eigenvalue weighted by molar-refractivity contribution is -0.386. The SMILES string of the molecule is Cc1ccc(NC(=O)Cn2nc(C)c([N+](=O)[O-])c2C)c(OCC2CCCO2)c1.